The lowest BCUT2D eigenvalue weighted by Crippen LogP contribution is -2.41. The highest BCUT2D eigenvalue weighted by atomic mass is 35.5. The minimum atomic E-state index is -0.558. The van der Waals surface area contributed by atoms with Gasteiger partial charge >= 0.3 is 5.63 Å². The third kappa shape index (κ3) is 4.40. The van der Waals surface area contributed by atoms with Gasteiger partial charge in [-0.05, 0) is 36.5 Å². The van der Waals surface area contributed by atoms with Gasteiger partial charge in [-0.25, -0.2) is 4.79 Å². The molecule has 0 aliphatic heterocycles. The van der Waals surface area contributed by atoms with E-state index in [1.54, 1.807) is 57.2 Å². The topological polar surface area (TPSA) is 71.3 Å². The number of amides is 1. The molecule has 0 aliphatic rings. The molecule has 0 fully saturated rings. The molecular formula is C21H19ClN2O3S. The number of rotatable bonds is 2. The highest BCUT2D eigenvalue weighted by Gasteiger charge is 2.22. The van der Waals surface area contributed by atoms with E-state index in [0.29, 0.717) is 27.4 Å². The molecule has 0 saturated carbocycles. The zero-order valence-electron chi connectivity index (χ0n) is 15.6. The number of hydrogen-bond acceptors (Lipinski definition) is 4. The number of halogens is 1. The molecule has 0 aliphatic carbocycles. The first kappa shape index (κ1) is 20.0. The van der Waals surface area contributed by atoms with E-state index in [-0.39, 0.29) is 11.0 Å². The second-order valence-corrected chi connectivity index (χ2v) is 8.15. The van der Waals surface area contributed by atoms with E-state index in [1.165, 1.54) is 0 Å². The van der Waals surface area contributed by atoms with Crippen LogP contribution in [0.2, 0.25) is 5.02 Å². The fourth-order valence-corrected chi connectivity index (χ4v) is 3.01. The van der Waals surface area contributed by atoms with Crippen LogP contribution in [0.1, 0.15) is 20.8 Å². The summed E-state index contributed by atoms with van der Waals surface area (Å²) >= 11 is 11.6. The van der Waals surface area contributed by atoms with E-state index in [1.807, 2.05) is 12.1 Å². The van der Waals surface area contributed by atoms with Crippen molar-refractivity contribution < 1.29 is 9.21 Å². The van der Waals surface area contributed by atoms with Crippen molar-refractivity contribution in [3.8, 4) is 11.1 Å². The normalized spacial score (nSPS) is 11.3. The van der Waals surface area contributed by atoms with E-state index in [2.05, 4.69) is 10.6 Å². The highest BCUT2D eigenvalue weighted by Crippen LogP contribution is 2.30. The standard InChI is InChI=1S/C21H19ClN2O3S/c1-21(2,3)19(26)24-20(28)23-13-8-9-14(16(22)11-13)15-10-12-6-4-5-7-17(12)27-18(15)25/h4-11H,1-3H3,(H2,23,24,26,28). The number of anilines is 1. The largest absolute Gasteiger partial charge is 0.422 e. The van der Waals surface area contributed by atoms with Crippen LogP contribution in [0, 0.1) is 5.41 Å². The molecular weight excluding hydrogens is 396 g/mol. The predicted molar refractivity (Wildman–Crippen MR) is 117 cm³/mol. The molecule has 0 saturated heterocycles. The van der Waals surface area contributed by atoms with Gasteiger partial charge in [0.25, 0.3) is 0 Å². The van der Waals surface area contributed by atoms with Gasteiger partial charge in [-0.3, -0.25) is 4.79 Å². The average Bonchev–Trinajstić information content (AvgIpc) is 2.60. The number of carbonyl (C=O) groups excluding carboxylic acids is 1. The Balaban J connectivity index is 1.85. The molecule has 0 radical (unpaired) electrons. The number of hydrogen-bond donors (Lipinski definition) is 2. The summed E-state index contributed by atoms with van der Waals surface area (Å²) in [7, 11) is 0. The average molecular weight is 415 g/mol. The summed E-state index contributed by atoms with van der Waals surface area (Å²) < 4.78 is 5.37. The van der Waals surface area contributed by atoms with E-state index in [0.717, 1.165) is 5.39 Å². The third-order valence-electron chi connectivity index (χ3n) is 4.07. The predicted octanol–water partition coefficient (Wildman–Crippen LogP) is 4.97. The molecule has 28 heavy (non-hydrogen) atoms. The quantitative estimate of drug-likeness (QED) is 0.457. The third-order valence-corrected chi connectivity index (χ3v) is 4.58. The van der Waals surface area contributed by atoms with Crippen LogP contribution in [0.4, 0.5) is 5.69 Å². The maximum Gasteiger partial charge on any atom is 0.344 e. The van der Waals surface area contributed by atoms with E-state index in [4.69, 9.17) is 28.2 Å². The van der Waals surface area contributed by atoms with Gasteiger partial charge < -0.3 is 15.1 Å². The molecule has 0 spiro atoms. The minimum Gasteiger partial charge on any atom is -0.422 e. The Bertz CT molecular complexity index is 1130. The second-order valence-electron chi connectivity index (χ2n) is 7.34. The monoisotopic (exact) mass is 414 g/mol. The Hall–Kier alpha value is -2.70. The Labute approximate surface area is 172 Å². The summed E-state index contributed by atoms with van der Waals surface area (Å²) in [6.45, 7) is 5.39. The molecule has 144 valence electrons. The minimum absolute atomic E-state index is 0.175. The van der Waals surface area contributed by atoms with Crippen LogP contribution >= 0.6 is 23.8 Å². The molecule has 0 atom stereocenters. The van der Waals surface area contributed by atoms with Gasteiger partial charge in [0.05, 0.1) is 10.6 Å². The molecule has 1 heterocycles. The van der Waals surface area contributed by atoms with Gasteiger partial charge in [-0.15, -0.1) is 0 Å². The molecule has 1 aromatic heterocycles. The molecule has 0 unspecified atom stereocenters. The second kappa shape index (κ2) is 7.73. The summed E-state index contributed by atoms with van der Waals surface area (Å²) in [5.41, 5.74) is 1.02. The lowest BCUT2D eigenvalue weighted by Gasteiger charge is -2.18. The lowest BCUT2D eigenvalue weighted by atomic mass is 9.96. The molecule has 2 N–H and O–H groups in total. The zero-order chi connectivity index (χ0) is 20.5. The Morgan fingerprint density at radius 1 is 1.07 bits per heavy atom. The number of benzene rings is 2. The molecule has 1 amide bonds. The number of thiocarbonyl (C=S) groups is 1. The van der Waals surface area contributed by atoms with E-state index >= 15 is 0 Å². The highest BCUT2D eigenvalue weighted by molar-refractivity contribution is 7.80. The van der Waals surface area contributed by atoms with Crippen molar-refractivity contribution in [2.45, 2.75) is 20.8 Å². The van der Waals surface area contributed by atoms with Crippen LogP contribution < -0.4 is 16.3 Å². The van der Waals surface area contributed by atoms with Gasteiger partial charge in [0.15, 0.2) is 5.11 Å². The number of para-hydroxylation sites is 1. The van der Waals surface area contributed by atoms with Crippen molar-refractivity contribution in [1.29, 1.82) is 0 Å². The summed E-state index contributed by atoms with van der Waals surface area (Å²) in [6, 6.07) is 14.1. The van der Waals surface area contributed by atoms with Crippen LogP contribution in [-0.2, 0) is 4.79 Å². The van der Waals surface area contributed by atoms with Gasteiger partial charge in [0, 0.05) is 22.1 Å². The van der Waals surface area contributed by atoms with Gasteiger partial charge in [-0.1, -0.05) is 56.6 Å². The fraction of sp³-hybridized carbons (Fsp3) is 0.190. The van der Waals surface area contributed by atoms with Crippen LogP contribution in [0.25, 0.3) is 22.1 Å². The molecule has 2 aromatic carbocycles. The Morgan fingerprint density at radius 2 is 1.79 bits per heavy atom. The first-order chi connectivity index (χ1) is 13.1. The van der Waals surface area contributed by atoms with Gasteiger partial charge in [0.1, 0.15) is 5.58 Å². The summed E-state index contributed by atoms with van der Waals surface area (Å²) in [6.07, 6.45) is 0. The van der Waals surface area contributed by atoms with Crippen LogP contribution in [0.3, 0.4) is 0 Å². The van der Waals surface area contributed by atoms with Crippen molar-refractivity contribution in [3.63, 3.8) is 0 Å². The van der Waals surface area contributed by atoms with Crippen LogP contribution in [-0.4, -0.2) is 11.0 Å². The van der Waals surface area contributed by atoms with Crippen molar-refractivity contribution in [2.24, 2.45) is 5.41 Å². The SMILES string of the molecule is CC(C)(C)C(=O)NC(=S)Nc1ccc(-c2cc3ccccc3oc2=O)c(Cl)c1. The molecule has 3 rings (SSSR count). The van der Waals surface area contributed by atoms with Crippen molar-refractivity contribution in [2.75, 3.05) is 5.32 Å². The zero-order valence-corrected chi connectivity index (χ0v) is 17.2. The summed E-state index contributed by atoms with van der Waals surface area (Å²) in [4.78, 5) is 24.4. The Morgan fingerprint density at radius 3 is 2.46 bits per heavy atom. The fourth-order valence-electron chi connectivity index (χ4n) is 2.51. The van der Waals surface area contributed by atoms with Gasteiger partial charge in [0.2, 0.25) is 5.91 Å². The van der Waals surface area contributed by atoms with E-state index < -0.39 is 11.0 Å². The molecule has 3 aromatic rings. The smallest absolute Gasteiger partial charge is 0.344 e. The number of nitrogens with one attached hydrogen (secondary N) is 2. The van der Waals surface area contributed by atoms with Crippen molar-refractivity contribution in [3.05, 3.63) is 64.0 Å². The maximum atomic E-state index is 12.4. The first-order valence-electron chi connectivity index (χ1n) is 8.60. The summed E-state index contributed by atoms with van der Waals surface area (Å²) in [5.74, 6) is -0.193. The van der Waals surface area contributed by atoms with Gasteiger partial charge in [-0.2, -0.15) is 0 Å². The Kier molecular flexibility index (Phi) is 5.54. The number of fused-ring (bicyclic) bond motifs is 1. The molecule has 7 heteroatoms. The molecule has 5 nitrogen and oxygen atoms in total. The van der Waals surface area contributed by atoms with Crippen LogP contribution in [0.15, 0.2) is 57.7 Å². The van der Waals surface area contributed by atoms with E-state index in [9.17, 15) is 9.59 Å². The molecule has 0 bridgehead atoms. The summed E-state index contributed by atoms with van der Waals surface area (Å²) in [5, 5.41) is 6.90. The van der Waals surface area contributed by atoms with Crippen molar-refractivity contribution >= 4 is 51.5 Å². The lowest BCUT2D eigenvalue weighted by molar-refractivity contribution is -0.126. The van der Waals surface area contributed by atoms with Crippen molar-refractivity contribution in [1.82, 2.24) is 5.32 Å². The number of carbonyl (C=O) groups is 1. The van der Waals surface area contributed by atoms with Crippen LogP contribution in [0.5, 0.6) is 0 Å². The maximum absolute atomic E-state index is 12.4. The first-order valence-corrected chi connectivity index (χ1v) is 9.39.